The number of non-ortho nitro benzene ring substituents is 2. The second kappa shape index (κ2) is 10.8. The highest BCUT2D eigenvalue weighted by Crippen LogP contribution is 2.44. The Balaban J connectivity index is 1.47. The van der Waals surface area contributed by atoms with E-state index in [1.807, 2.05) is 6.08 Å². The predicted octanol–water partition coefficient (Wildman–Crippen LogP) is 5.84. The van der Waals surface area contributed by atoms with Gasteiger partial charge in [-0.3, -0.25) is 25.0 Å². The number of nitro groups is 2. The topological polar surface area (TPSA) is 128 Å². The highest BCUT2D eigenvalue weighted by Gasteiger charge is 2.44. The average molecular weight is 531 g/mol. The summed E-state index contributed by atoms with van der Waals surface area (Å²) < 4.78 is 19.5. The molecular formula is C28H23FN4O6. The number of carbonyl (C=O) groups excluding carboxylic acids is 1. The van der Waals surface area contributed by atoms with Gasteiger partial charge in [-0.2, -0.15) is 5.10 Å². The SMILES string of the molecule is O=C(COc1ccccc1F)N1N=C2/C(=C\c3ccc([N+](=O)[O-])cc3)CCC[C@H]2[C@H]1c1ccc([N+](=O)[O-])cc1. The van der Waals surface area contributed by atoms with Crippen molar-refractivity contribution >= 4 is 29.1 Å². The maximum Gasteiger partial charge on any atom is 0.281 e. The van der Waals surface area contributed by atoms with Gasteiger partial charge >= 0.3 is 0 Å². The number of rotatable bonds is 7. The first-order chi connectivity index (χ1) is 18.8. The molecule has 1 aliphatic carbocycles. The molecule has 0 bridgehead atoms. The zero-order valence-corrected chi connectivity index (χ0v) is 20.6. The Hall–Kier alpha value is -4.93. The molecule has 2 aliphatic rings. The predicted molar refractivity (Wildman–Crippen MR) is 140 cm³/mol. The van der Waals surface area contributed by atoms with E-state index in [4.69, 9.17) is 9.84 Å². The maximum absolute atomic E-state index is 14.1. The van der Waals surface area contributed by atoms with E-state index < -0.39 is 34.2 Å². The molecule has 0 saturated heterocycles. The van der Waals surface area contributed by atoms with Crippen molar-refractivity contribution < 1.29 is 23.8 Å². The summed E-state index contributed by atoms with van der Waals surface area (Å²) in [5, 5.41) is 28.2. The molecule has 1 aliphatic heterocycles. The number of allylic oxidation sites excluding steroid dienone is 1. The number of ether oxygens (including phenoxy) is 1. The Bertz CT molecular complexity index is 1490. The summed E-state index contributed by atoms with van der Waals surface area (Å²) in [4.78, 5) is 34.6. The minimum Gasteiger partial charge on any atom is -0.481 e. The molecule has 198 valence electrons. The van der Waals surface area contributed by atoms with Gasteiger partial charge in [-0.15, -0.1) is 0 Å². The zero-order valence-electron chi connectivity index (χ0n) is 20.6. The lowest BCUT2D eigenvalue weighted by molar-refractivity contribution is -0.385. The molecule has 0 spiro atoms. The van der Waals surface area contributed by atoms with Gasteiger partial charge in [0, 0.05) is 30.2 Å². The van der Waals surface area contributed by atoms with Gasteiger partial charge in [-0.25, -0.2) is 9.40 Å². The monoisotopic (exact) mass is 530 g/mol. The fraction of sp³-hybridized carbons (Fsp3) is 0.214. The van der Waals surface area contributed by atoms with Crippen molar-refractivity contribution in [1.29, 1.82) is 0 Å². The molecule has 0 radical (unpaired) electrons. The average Bonchev–Trinajstić information content (AvgIpc) is 3.33. The van der Waals surface area contributed by atoms with Crippen LogP contribution in [0.15, 0.2) is 83.5 Å². The van der Waals surface area contributed by atoms with Crippen LogP contribution < -0.4 is 4.74 Å². The van der Waals surface area contributed by atoms with Crippen LogP contribution in [0.4, 0.5) is 15.8 Å². The highest BCUT2D eigenvalue weighted by molar-refractivity contribution is 6.08. The first kappa shape index (κ1) is 25.7. The summed E-state index contributed by atoms with van der Waals surface area (Å²) in [6.07, 6.45) is 4.16. The van der Waals surface area contributed by atoms with Crippen LogP contribution in [0.5, 0.6) is 5.75 Å². The number of para-hydroxylation sites is 1. The van der Waals surface area contributed by atoms with E-state index in [-0.39, 0.29) is 23.0 Å². The Morgan fingerprint density at radius 3 is 2.28 bits per heavy atom. The van der Waals surface area contributed by atoms with Gasteiger partial charge in [-0.05, 0) is 66.3 Å². The standard InChI is InChI=1S/C28H23FN4O6/c29-24-6-1-2-7-25(24)39-17-26(34)31-28(19-10-14-22(15-11-19)33(37)38)23-5-3-4-20(27(23)30-31)16-18-8-12-21(13-9-18)32(35)36/h1-2,6-16,23,28H,3-5,17H2/b20-16-/t23-,28-/m1/s1. The molecule has 1 amide bonds. The number of nitrogens with zero attached hydrogens (tertiary/aromatic N) is 4. The lowest BCUT2D eigenvalue weighted by Crippen LogP contribution is -2.34. The van der Waals surface area contributed by atoms with Crippen LogP contribution in [0.25, 0.3) is 6.08 Å². The molecule has 11 heteroatoms. The first-order valence-corrected chi connectivity index (χ1v) is 12.3. The van der Waals surface area contributed by atoms with Crippen molar-refractivity contribution in [3.8, 4) is 5.75 Å². The molecule has 2 atom stereocenters. The van der Waals surface area contributed by atoms with E-state index >= 15 is 0 Å². The van der Waals surface area contributed by atoms with Gasteiger partial charge in [0.2, 0.25) is 0 Å². The Morgan fingerprint density at radius 1 is 1.00 bits per heavy atom. The minimum atomic E-state index is -0.591. The molecule has 0 unspecified atom stereocenters. The number of carbonyl (C=O) groups is 1. The molecule has 3 aromatic carbocycles. The van der Waals surface area contributed by atoms with Gasteiger partial charge in [0.1, 0.15) is 0 Å². The van der Waals surface area contributed by atoms with Crippen molar-refractivity contribution in [1.82, 2.24) is 5.01 Å². The smallest absolute Gasteiger partial charge is 0.281 e. The second-order valence-electron chi connectivity index (χ2n) is 9.25. The van der Waals surface area contributed by atoms with Crippen molar-refractivity contribution in [2.24, 2.45) is 11.0 Å². The van der Waals surface area contributed by atoms with Gasteiger partial charge in [0.15, 0.2) is 18.2 Å². The van der Waals surface area contributed by atoms with Crippen molar-refractivity contribution in [2.75, 3.05) is 6.61 Å². The Labute approximate surface area is 222 Å². The van der Waals surface area contributed by atoms with E-state index in [0.29, 0.717) is 17.7 Å². The van der Waals surface area contributed by atoms with Gasteiger partial charge in [-0.1, -0.05) is 24.3 Å². The van der Waals surface area contributed by atoms with E-state index in [1.54, 1.807) is 30.3 Å². The number of hydrazone groups is 1. The summed E-state index contributed by atoms with van der Waals surface area (Å²) in [6, 6.07) is 17.4. The molecule has 3 aromatic rings. The lowest BCUT2D eigenvalue weighted by atomic mass is 9.77. The lowest BCUT2D eigenvalue weighted by Gasteiger charge is -2.29. The summed E-state index contributed by atoms with van der Waals surface area (Å²) in [6.45, 7) is -0.449. The van der Waals surface area contributed by atoms with Crippen LogP contribution >= 0.6 is 0 Å². The van der Waals surface area contributed by atoms with Gasteiger partial charge in [0.25, 0.3) is 17.3 Å². The normalized spacial score (nSPS) is 19.4. The fourth-order valence-electron chi connectivity index (χ4n) is 4.99. The van der Waals surface area contributed by atoms with Crippen LogP contribution in [-0.4, -0.2) is 33.1 Å². The van der Waals surface area contributed by atoms with E-state index in [0.717, 1.165) is 24.0 Å². The summed E-state index contributed by atoms with van der Waals surface area (Å²) in [5.41, 5.74) is 2.97. The number of hydrogen-bond acceptors (Lipinski definition) is 7. The molecule has 0 N–H and O–H groups in total. The number of hydrogen-bond donors (Lipinski definition) is 0. The van der Waals surface area contributed by atoms with Gasteiger partial charge < -0.3 is 4.74 Å². The summed E-state index contributed by atoms with van der Waals surface area (Å²) >= 11 is 0. The van der Waals surface area contributed by atoms with Crippen LogP contribution in [0.2, 0.25) is 0 Å². The number of nitro benzene ring substituents is 2. The third-order valence-electron chi connectivity index (χ3n) is 6.84. The molecule has 39 heavy (non-hydrogen) atoms. The summed E-state index contributed by atoms with van der Waals surface area (Å²) in [7, 11) is 0. The molecule has 0 aromatic heterocycles. The molecule has 1 heterocycles. The summed E-state index contributed by atoms with van der Waals surface area (Å²) in [5.74, 6) is -1.31. The van der Waals surface area contributed by atoms with E-state index in [1.165, 1.54) is 47.5 Å². The molecular weight excluding hydrogens is 507 g/mol. The molecule has 1 fully saturated rings. The fourth-order valence-corrected chi connectivity index (χ4v) is 4.99. The number of fused-ring (bicyclic) bond motifs is 1. The molecule has 1 saturated carbocycles. The Kier molecular flexibility index (Phi) is 7.13. The van der Waals surface area contributed by atoms with Crippen molar-refractivity contribution in [2.45, 2.75) is 25.3 Å². The number of benzene rings is 3. The third kappa shape index (κ3) is 5.37. The van der Waals surface area contributed by atoms with Crippen molar-refractivity contribution in [3.05, 3.63) is 116 Å². The van der Waals surface area contributed by atoms with Crippen LogP contribution in [0, 0.1) is 32.0 Å². The second-order valence-corrected chi connectivity index (χ2v) is 9.25. The number of halogens is 1. The van der Waals surface area contributed by atoms with E-state index in [9.17, 15) is 29.4 Å². The molecule has 5 rings (SSSR count). The quantitative estimate of drug-likeness (QED) is 0.279. The number of amides is 1. The van der Waals surface area contributed by atoms with E-state index in [2.05, 4.69) is 0 Å². The van der Waals surface area contributed by atoms with Crippen LogP contribution in [-0.2, 0) is 4.79 Å². The van der Waals surface area contributed by atoms with Crippen LogP contribution in [0.1, 0.15) is 36.4 Å². The largest absolute Gasteiger partial charge is 0.481 e. The van der Waals surface area contributed by atoms with Crippen molar-refractivity contribution in [3.63, 3.8) is 0 Å². The maximum atomic E-state index is 14.1. The molecule has 10 nitrogen and oxygen atoms in total. The minimum absolute atomic E-state index is 0.0123. The van der Waals surface area contributed by atoms with Crippen LogP contribution in [0.3, 0.4) is 0 Å². The Morgan fingerprint density at radius 2 is 1.64 bits per heavy atom. The third-order valence-corrected chi connectivity index (χ3v) is 6.84. The highest BCUT2D eigenvalue weighted by atomic mass is 19.1. The zero-order chi connectivity index (χ0) is 27.5. The first-order valence-electron chi connectivity index (χ1n) is 12.3. The van der Waals surface area contributed by atoms with Gasteiger partial charge in [0.05, 0.1) is 21.6 Å².